The van der Waals surface area contributed by atoms with Gasteiger partial charge in [0, 0.05) is 11.9 Å². The molecule has 0 saturated heterocycles. The van der Waals surface area contributed by atoms with Crippen molar-refractivity contribution in [3.63, 3.8) is 0 Å². The van der Waals surface area contributed by atoms with Crippen LogP contribution in [0.15, 0.2) is 42.7 Å². The lowest BCUT2D eigenvalue weighted by molar-refractivity contribution is -0.136. The van der Waals surface area contributed by atoms with Gasteiger partial charge < -0.3 is 15.5 Å². The van der Waals surface area contributed by atoms with Crippen molar-refractivity contribution in [1.82, 2.24) is 4.98 Å². The van der Waals surface area contributed by atoms with E-state index >= 15 is 0 Å². The van der Waals surface area contributed by atoms with Gasteiger partial charge in [0.15, 0.2) is 0 Å². The van der Waals surface area contributed by atoms with Crippen molar-refractivity contribution in [2.75, 3.05) is 5.32 Å². The number of hydrogen-bond acceptors (Lipinski definition) is 4. The van der Waals surface area contributed by atoms with E-state index in [1.54, 1.807) is 24.3 Å². The Morgan fingerprint density at radius 3 is 2.65 bits per heavy atom. The number of nitrogens with zero attached hydrogens (tertiary/aromatic N) is 1. The first-order valence-corrected chi connectivity index (χ1v) is 5.81. The van der Waals surface area contributed by atoms with E-state index in [0.29, 0.717) is 11.3 Å². The number of pyridine rings is 1. The first-order chi connectivity index (χ1) is 9.56. The molecular weight excluding hydrogens is 260 g/mol. The van der Waals surface area contributed by atoms with Gasteiger partial charge in [0.2, 0.25) is 0 Å². The summed E-state index contributed by atoms with van der Waals surface area (Å²) in [6.45, 7) is 0. The summed E-state index contributed by atoms with van der Waals surface area (Å²) in [6.07, 6.45) is 2.35. The maximum Gasteiger partial charge on any atom is 0.307 e. The van der Waals surface area contributed by atoms with Crippen LogP contribution in [0.5, 0.6) is 5.75 Å². The van der Waals surface area contributed by atoms with Gasteiger partial charge in [-0.05, 0) is 17.7 Å². The van der Waals surface area contributed by atoms with Crippen LogP contribution in [0.4, 0.5) is 5.69 Å². The molecule has 0 aliphatic carbocycles. The van der Waals surface area contributed by atoms with E-state index in [4.69, 9.17) is 5.11 Å². The Labute approximate surface area is 114 Å². The third-order valence-electron chi connectivity index (χ3n) is 2.59. The molecule has 3 N–H and O–H groups in total. The molecule has 6 heteroatoms. The zero-order valence-electron chi connectivity index (χ0n) is 10.4. The van der Waals surface area contributed by atoms with Crippen molar-refractivity contribution in [2.45, 2.75) is 6.42 Å². The Balaban J connectivity index is 2.21. The van der Waals surface area contributed by atoms with Crippen molar-refractivity contribution in [3.8, 4) is 5.75 Å². The van der Waals surface area contributed by atoms with Gasteiger partial charge in [-0.2, -0.15) is 0 Å². The van der Waals surface area contributed by atoms with E-state index in [1.165, 1.54) is 18.5 Å². The van der Waals surface area contributed by atoms with E-state index < -0.39 is 11.9 Å². The highest BCUT2D eigenvalue weighted by Gasteiger charge is 2.11. The van der Waals surface area contributed by atoms with Gasteiger partial charge in [-0.3, -0.25) is 14.6 Å². The number of benzene rings is 1. The zero-order valence-corrected chi connectivity index (χ0v) is 10.4. The number of amides is 1. The molecule has 20 heavy (non-hydrogen) atoms. The summed E-state index contributed by atoms with van der Waals surface area (Å²) in [7, 11) is 0. The standard InChI is InChI=1S/C14H12N2O4/c17-11-5-10(7-15-8-11)14(20)16-12-4-2-1-3-9(12)6-13(18)19/h1-5,7-8,17H,6H2,(H,16,20)(H,18,19). The third-order valence-corrected chi connectivity index (χ3v) is 2.59. The Morgan fingerprint density at radius 1 is 1.20 bits per heavy atom. The number of aromatic nitrogens is 1. The highest BCUT2D eigenvalue weighted by atomic mass is 16.4. The van der Waals surface area contributed by atoms with E-state index in [1.807, 2.05) is 0 Å². The summed E-state index contributed by atoms with van der Waals surface area (Å²) in [5.41, 5.74) is 1.11. The minimum Gasteiger partial charge on any atom is -0.506 e. The number of carbonyl (C=O) groups excluding carboxylic acids is 1. The number of aromatic hydroxyl groups is 1. The number of carboxylic acids is 1. The summed E-state index contributed by atoms with van der Waals surface area (Å²) in [5, 5.41) is 20.7. The molecule has 0 aliphatic heterocycles. The van der Waals surface area contributed by atoms with Crippen molar-refractivity contribution in [2.24, 2.45) is 0 Å². The number of para-hydroxylation sites is 1. The number of hydrogen-bond donors (Lipinski definition) is 3. The molecule has 0 saturated carbocycles. The third kappa shape index (κ3) is 3.32. The SMILES string of the molecule is O=C(O)Cc1ccccc1NC(=O)c1cncc(O)c1. The summed E-state index contributed by atoms with van der Waals surface area (Å²) >= 11 is 0. The maximum absolute atomic E-state index is 12.0. The van der Waals surface area contributed by atoms with Crippen molar-refractivity contribution >= 4 is 17.6 Å². The highest BCUT2D eigenvalue weighted by Crippen LogP contribution is 2.17. The lowest BCUT2D eigenvalue weighted by Gasteiger charge is -2.09. The van der Waals surface area contributed by atoms with E-state index in [2.05, 4.69) is 10.3 Å². The van der Waals surface area contributed by atoms with E-state index in [-0.39, 0.29) is 17.7 Å². The molecule has 0 unspecified atom stereocenters. The molecule has 0 bridgehead atoms. The molecule has 2 aromatic rings. The van der Waals surface area contributed by atoms with Gasteiger partial charge in [0.05, 0.1) is 18.2 Å². The number of nitrogens with one attached hydrogen (secondary N) is 1. The second kappa shape index (κ2) is 5.83. The number of aliphatic carboxylic acids is 1. The van der Waals surface area contributed by atoms with E-state index in [0.717, 1.165) is 0 Å². The predicted molar refractivity (Wildman–Crippen MR) is 71.6 cm³/mol. The average molecular weight is 272 g/mol. The van der Waals surface area contributed by atoms with Gasteiger partial charge in [-0.15, -0.1) is 0 Å². The van der Waals surface area contributed by atoms with Crippen LogP contribution in [0.25, 0.3) is 0 Å². The largest absolute Gasteiger partial charge is 0.506 e. The summed E-state index contributed by atoms with van der Waals surface area (Å²) in [4.78, 5) is 26.5. The molecule has 0 aliphatic rings. The molecule has 1 aromatic carbocycles. The van der Waals surface area contributed by atoms with Gasteiger partial charge in [0.1, 0.15) is 5.75 Å². The number of carbonyl (C=O) groups is 2. The molecule has 102 valence electrons. The van der Waals surface area contributed by atoms with E-state index in [9.17, 15) is 14.7 Å². The number of carboxylic acid groups (broad SMARTS) is 1. The minimum absolute atomic E-state index is 0.114. The first-order valence-electron chi connectivity index (χ1n) is 5.81. The smallest absolute Gasteiger partial charge is 0.307 e. The average Bonchev–Trinajstić information content (AvgIpc) is 2.40. The van der Waals surface area contributed by atoms with Gasteiger partial charge in [-0.1, -0.05) is 18.2 Å². The Kier molecular flexibility index (Phi) is 3.95. The van der Waals surface area contributed by atoms with Crippen LogP contribution in [-0.2, 0) is 11.2 Å². The van der Waals surface area contributed by atoms with Crippen LogP contribution in [0.3, 0.4) is 0 Å². The van der Waals surface area contributed by atoms with Gasteiger partial charge in [-0.25, -0.2) is 0 Å². The second-order valence-corrected chi connectivity index (χ2v) is 4.11. The Hall–Kier alpha value is -2.89. The maximum atomic E-state index is 12.0. The fraction of sp³-hybridized carbons (Fsp3) is 0.0714. The molecular formula is C14H12N2O4. The van der Waals surface area contributed by atoms with Gasteiger partial charge in [0.25, 0.3) is 5.91 Å². The molecule has 2 rings (SSSR count). The normalized spacial score (nSPS) is 10.0. The lowest BCUT2D eigenvalue weighted by Crippen LogP contribution is -2.14. The monoisotopic (exact) mass is 272 g/mol. The topological polar surface area (TPSA) is 99.5 Å². The molecule has 6 nitrogen and oxygen atoms in total. The first kappa shape index (κ1) is 13.5. The van der Waals surface area contributed by atoms with Crippen molar-refractivity contribution < 1.29 is 19.8 Å². The molecule has 0 spiro atoms. The summed E-state index contributed by atoms with van der Waals surface area (Å²) in [5.74, 6) is -1.56. The quantitative estimate of drug-likeness (QED) is 0.786. The van der Waals surface area contributed by atoms with Crippen molar-refractivity contribution in [1.29, 1.82) is 0 Å². The fourth-order valence-corrected chi connectivity index (χ4v) is 1.71. The van der Waals surface area contributed by atoms with Crippen LogP contribution in [0.2, 0.25) is 0 Å². The van der Waals surface area contributed by atoms with Crippen LogP contribution in [-0.4, -0.2) is 27.1 Å². The molecule has 1 heterocycles. The summed E-state index contributed by atoms with van der Waals surface area (Å²) < 4.78 is 0. The van der Waals surface area contributed by atoms with Crippen LogP contribution >= 0.6 is 0 Å². The molecule has 0 fully saturated rings. The molecule has 0 atom stereocenters. The van der Waals surface area contributed by atoms with Crippen LogP contribution < -0.4 is 5.32 Å². The molecule has 1 amide bonds. The Bertz CT molecular complexity index is 655. The number of anilines is 1. The Morgan fingerprint density at radius 2 is 1.95 bits per heavy atom. The van der Waals surface area contributed by atoms with Crippen LogP contribution in [0, 0.1) is 0 Å². The lowest BCUT2D eigenvalue weighted by atomic mass is 10.1. The highest BCUT2D eigenvalue weighted by molar-refractivity contribution is 6.04. The molecule has 1 aromatic heterocycles. The predicted octanol–water partition coefficient (Wildman–Crippen LogP) is 1.67. The minimum atomic E-state index is -0.981. The molecule has 0 radical (unpaired) electrons. The number of rotatable bonds is 4. The summed E-state index contributed by atoms with van der Waals surface area (Å²) in [6, 6.07) is 7.92. The second-order valence-electron chi connectivity index (χ2n) is 4.11. The fourth-order valence-electron chi connectivity index (χ4n) is 1.71. The zero-order chi connectivity index (χ0) is 14.5. The van der Waals surface area contributed by atoms with Gasteiger partial charge >= 0.3 is 5.97 Å². The van der Waals surface area contributed by atoms with Crippen molar-refractivity contribution in [3.05, 3.63) is 53.9 Å². The van der Waals surface area contributed by atoms with Crippen LogP contribution in [0.1, 0.15) is 15.9 Å².